The fourth-order valence-corrected chi connectivity index (χ4v) is 2.08. The van der Waals surface area contributed by atoms with Gasteiger partial charge in [0.2, 0.25) is 0 Å². The van der Waals surface area contributed by atoms with Gasteiger partial charge in [-0.05, 0) is 25.3 Å². The average molecular weight is 215 g/mol. The van der Waals surface area contributed by atoms with Crippen molar-refractivity contribution in [2.24, 2.45) is 5.92 Å². The van der Waals surface area contributed by atoms with Crippen molar-refractivity contribution in [3.63, 3.8) is 0 Å². The molecule has 0 heterocycles. The lowest BCUT2D eigenvalue weighted by Crippen LogP contribution is -2.36. The number of hydrogen-bond donors (Lipinski definition) is 1. The molecular formula is C13H29NO. The Hall–Kier alpha value is -0.0800. The van der Waals surface area contributed by atoms with Gasteiger partial charge in [0.05, 0.1) is 0 Å². The van der Waals surface area contributed by atoms with Gasteiger partial charge in [-0.2, -0.15) is 0 Å². The zero-order valence-electron chi connectivity index (χ0n) is 11.0. The molecule has 92 valence electrons. The third-order valence-corrected chi connectivity index (χ3v) is 3.01. The SMILES string of the molecule is CCCOCCC(NCC)C(CC)CC. The molecular weight excluding hydrogens is 186 g/mol. The van der Waals surface area contributed by atoms with Gasteiger partial charge in [0, 0.05) is 19.3 Å². The zero-order valence-corrected chi connectivity index (χ0v) is 11.0. The topological polar surface area (TPSA) is 21.3 Å². The molecule has 0 saturated heterocycles. The van der Waals surface area contributed by atoms with Crippen molar-refractivity contribution in [3.8, 4) is 0 Å². The first kappa shape index (κ1) is 14.9. The van der Waals surface area contributed by atoms with Crippen LogP contribution < -0.4 is 5.32 Å². The first-order valence-corrected chi connectivity index (χ1v) is 6.61. The summed E-state index contributed by atoms with van der Waals surface area (Å²) in [6, 6.07) is 0.641. The number of nitrogens with one attached hydrogen (secondary N) is 1. The van der Waals surface area contributed by atoms with E-state index in [0.717, 1.165) is 38.5 Å². The van der Waals surface area contributed by atoms with Crippen LogP contribution in [0.3, 0.4) is 0 Å². The summed E-state index contributed by atoms with van der Waals surface area (Å²) in [6.45, 7) is 11.8. The number of rotatable bonds is 10. The van der Waals surface area contributed by atoms with Gasteiger partial charge in [0.25, 0.3) is 0 Å². The summed E-state index contributed by atoms with van der Waals surface area (Å²) in [4.78, 5) is 0. The molecule has 0 aliphatic rings. The summed E-state index contributed by atoms with van der Waals surface area (Å²) in [6.07, 6.45) is 4.81. The molecule has 15 heavy (non-hydrogen) atoms. The smallest absolute Gasteiger partial charge is 0.0480 e. The summed E-state index contributed by atoms with van der Waals surface area (Å²) < 4.78 is 5.56. The molecule has 0 radical (unpaired) electrons. The monoisotopic (exact) mass is 215 g/mol. The number of hydrogen-bond acceptors (Lipinski definition) is 2. The van der Waals surface area contributed by atoms with Gasteiger partial charge in [-0.3, -0.25) is 0 Å². The van der Waals surface area contributed by atoms with E-state index in [1.807, 2.05) is 0 Å². The molecule has 2 nitrogen and oxygen atoms in total. The lowest BCUT2D eigenvalue weighted by Gasteiger charge is -2.26. The molecule has 1 atom stereocenters. The van der Waals surface area contributed by atoms with E-state index in [4.69, 9.17) is 4.74 Å². The highest BCUT2D eigenvalue weighted by Crippen LogP contribution is 2.15. The van der Waals surface area contributed by atoms with Crippen LogP contribution in [-0.2, 0) is 4.74 Å². The molecule has 2 heteroatoms. The van der Waals surface area contributed by atoms with Crippen molar-refractivity contribution in [3.05, 3.63) is 0 Å². The molecule has 1 N–H and O–H groups in total. The second-order valence-electron chi connectivity index (χ2n) is 4.14. The van der Waals surface area contributed by atoms with E-state index in [9.17, 15) is 0 Å². The second-order valence-corrected chi connectivity index (χ2v) is 4.14. The van der Waals surface area contributed by atoms with Crippen LogP contribution in [0.25, 0.3) is 0 Å². The van der Waals surface area contributed by atoms with Crippen molar-refractivity contribution in [1.29, 1.82) is 0 Å². The van der Waals surface area contributed by atoms with Gasteiger partial charge in [-0.25, -0.2) is 0 Å². The Morgan fingerprint density at radius 1 is 1.00 bits per heavy atom. The first-order valence-electron chi connectivity index (χ1n) is 6.61. The fraction of sp³-hybridized carbons (Fsp3) is 1.00. The minimum atomic E-state index is 0.641. The highest BCUT2D eigenvalue weighted by atomic mass is 16.5. The Morgan fingerprint density at radius 3 is 2.13 bits per heavy atom. The van der Waals surface area contributed by atoms with E-state index < -0.39 is 0 Å². The molecule has 0 aromatic rings. The fourth-order valence-electron chi connectivity index (χ4n) is 2.08. The molecule has 0 spiro atoms. The lowest BCUT2D eigenvalue weighted by atomic mass is 9.92. The Labute approximate surface area is 95.8 Å². The maximum absolute atomic E-state index is 5.56. The molecule has 0 aliphatic heterocycles. The van der Waals surface area contributed by atoms with Gasteiger partial charge in [-0.1, -0.05) is 40.5 Å². The molecule has 0 aliphatic carbocycles. The average Bonchev–Trinajstić information content (AvgIpc) is 2.26. The van der Waals surface area contributed by atoms with Crippen LogP contribution in [0, 0.1) is 5.92 Å². The molecule has 0 aromatic heterocycles. The number of ether oxygens (including phenoxy) is 1. The van der Waals surface area contributed by atoms with Gasteiger partial charge in [0.1, 0.15) is 0 Å². The molecule has 0 saturated carbocycles. The Morgan fingerprint density at radius 2 is 1.67 bits per heavy atom. The van der Waals surface area contributed by atoms with Crippen molar-refractivity contribution < 1.29 is 4.74 Å². The quantitative estimate of drug-likeness (QED) is 0.565. The van der Waals surface area contributed by atoms with Gasteiger partial charge in [0.15, 0.2) is 0 Å². The summed E-state index contributed by atoms with van der Waals surface area (Å²) in [5, 5.41) is 3.58. The van der Waals surface area contributed by atoms with Crippen molar-refractivity contribution in [1.82, 2.24) is 5.32 Å². The lowest BCUT2D eigenvalue weighted by molar-refractivity contribution is 0.116. The normalized spacial score (nSPS) is 13.4. The third kappa shape index (κ3) is 6.91. The van der Waals surface area contributed by atoms with Crippen LogP contribution in [0.2, 0.25) is 0 Å². The molecule has 1 unspecified atom stereocenters. The van der Waals surface area contributed by atoms with Crippen molar-refractivity contribution in [2.75, 3.05) is 19.8 Å². The van der Waals surface area contributed by atoms with E-state index in [1.165, 1.54) is 12.8 Å². The minimum Gasteiger partial charge on any atom is -0.381 e. The summed E-state index contributed by atoms with van der Waals surface area (Å²) in [7, 11) is 0. The minimum absolute atomic E-state index is 0.641. The van der Waals surface area contributed by atoms with Crippen LogP contribution in [0.15, 0.2) is 0 Å². The second kappa shape index (κ2) is 10.4. The van der Waals surface area contributed by atoms with Crippen LogP contribution in [-0.4, -0.2) is 25.8 Å². The molecule has 0 amide bonds. The molecule has 0 rings (SSSR count). The van der Waals surface area contributed by atoms with Crippen LogP contribution in [0.4, 0.5) is 0 Å². The van der Waals surface area contributed by atoms with Crippen LogP contribution in [0.1, 0.15) is 53.4 Å². The maximum atomic E-state index is 5.56. The highest BCUT2D eigenvalue weighted by Gasteiger charge is 2.16. The summed E-state index contributed by atoms with van der Waals surface area (Å²) in [5.74, 6) is 0.801. The first-order chi connectivity index (χ1) is 7.29. The van der Waals surface area contributed by atoms with E-state index in [2.05, 4.69) is 33.0 Å². The van der Waals surface area contributed by atoms with Gasteiger partial charge in [-0.15, -0.1) is 0 Å². The van der Waals surface area contributed by atoms with E-state index in [1.54, 1.807) is 0 Å². The Balaban J connectivity index is 3.80. The molecule has 0 aromatic carbocycles. The van der Waals surface area contributed by atoms with Gasteiger partial charge >= 0.3 is 0 Å². The van der Waals surface area contributed by atoms with E-state index in [0.29, 0.717) is 6.04 Å². The van der Waals surface area contributed by atoms with Crippen molar-refractivity contribution >= 4 is 0 Å². The van der Waals surface area contributed by atoms with Crippen LogP contribution in [0.5, 0.6) is 0 Å². The van der Waals surface area contributed by atoms with E-state index >= 15 is 0 Å². The summed E-state index contributed by atoms with van der Waals surface area (Å²) in [5.41, 5.74) is 0. The van der Waals surface area contributed by atoms with E-state index in [-0.39, 0.29) is 0 Å². The molecule has 0 bridgehead atoms. The van der Waals surface area contributed by atoms with Crippen LogP contribution >= 0.6 is 0 Å². The molecule has 0 fully saturated rings. The predicted molar refractivity (Wildman–Crippen MR) is 67.3 cm³/mol. The maximum Gasteiger partial charge on any atom is 0.0480 e. The Kier molecular flexibility index (Phi) is 10.4. The third-order valence-electron chi connectivity index (χ3n) is 3.01. The standard InChI is InChI=1S/C13H29NO/c1-5-10-15-11-9-13(14-8-4)12(6-2)7-3/h12-14H,5-11H2,1-4H3. The van der Waals surface area contributed by atoms with Gasteiger partial charge < -0.3 is 10.1 Å². The highest BCUT2D eigenvalue weighted by molar-refractivity contribution is 4.74. The van der Waals surface area contributed by atoms with Crippen molar-refractivity contribution in [2.45, 2.75) is 59.4 Å². The predicted octanol–water partition coefficient (Wildman–Crippen LogP) is 3.22. The zero-order chi connectivity index (χ0) is 11.5. The summed E-state index contributed by atoms with van der Waals surface area (Å²) >= 11 is 0. The Bertz CT molecular complexity index is 124. The largest absolute Gasteiger partial charge is 0.381 e.